The van der Waals surface area contributed by atoms with Crippen LogP contribution in [-0.2, 0) is 12.3 Å². The van der Waals surface area contributed by atoms with Gasteiger partial charge in [0.25, 0.3) is 0 Å². The summed E-state index contributed by atoms with van der Waals surface area (Å²) in [6, 6.07) is 11.2. The van der Waals surface area contributed by atoms with Crippen LogP contribution < -0.4 is 18.9 Å². The average molecular weight is 496 g/mol. The van der Waals surface area contributed by atoms with Crippen LogP contribution in [0.3, 0.4) is 0 Å². The fourth-order valence-electron chi connectivity index (χ4n) is 3.40. The van der Waals surface area contributed by atoms with Crippen LogP contribution in [0.15, 0.2) is 58.6 Å². The van der Waals surface area contributed by atoms with E-state index in [1.165, 1.54) is 11.8 Å². The first-order valence-corrected chi connectivity index (χ1v) is 11.5. The van der Waals surface area contributed by atoms with Crippen molar-refractivity contribution < 1.29 is 23.4 Å². The summed E-state index contributed by atoms with van der Waals surface area (Å²) < 4.78 is 29.3. The first-order valence-electron chi connectivity index (χ1n) is 10.6. The maximum Gasteiger partial charge on any atom is 0.248 e. The molecule has 0 aliphatic rings. The molecule has 0 spiro atoms. The minimum absolute atomic E-state index is 0.339. The number of hydrogen-bond donors (Lipinski definition) is 0. The molecular formula is C24H25N5O5S. The van der Waals surface area contributed by atoms with Crippen LogP contribution in [0.5, 0.6) is 23.0 Å². The SMILES string of the molecule is C=CCn1c(SCc2nnc(-c3cc(OC)c(OC)c(OC)c3)o2)nnc1-c1ccc(OC)cc1. The molecule has 0 atom stereocenters. The van der Waals surface area contributed by atoms with Crippen molar-refractivity contribution in [3.05, 3.63) is 54.9 Å². The molecule has 2 aromatic heterocycles. The van der Waals surface area contributed by atoms with Crippen LogP contribution in [0.2, 0.25) is 0 Å². The number of methoxy groups -OCH3 is 4. The zero-order valence-electron chi connectivity index (χ0n) is 19.8. The van der Waals surface area contributed by atoms with E-state index in [1.54, 1.807) is 46.6 Å². The second-order valence-corrected chi connectivity index (χ2v) is 8.08. The van der Waals surface area contributed by atoms with Gasteiger partial charge in [0.2, 0.25) is 17.5 Å². The highest BCUT2D eigenvalue weighted by molar-refractivity contribution is 7.98. The third-order valence-electron chi connectivity index (χ3n) is 5.08. The largest absolute Gasteiger partial charge is 0.497 e. The van der Waals surface area contributed by atoms with Crippen LogP contribution >= 0.6 is 11.8 Å². The van der Waals surface area contributed by atoms with Crippen molar-refractivity contribution in [2.75, 3.05) is 28.4 Å². The third kappa shape index (κ3) is 5.09. The second-order valence-electron chi connectivity index (χ2n) is 7.14. The molecule has 0 aliphatic carbocycles. The minimum Gasteiger partial charge on any atom is -0.497 e. The van der Waals surface area contributed by atoms with Crippen molar-refractivity contribution >= 4 is 11.8 Å². The number of thioether (sulfide) groups is 1. The van der Waals surface area contributed by atoms with E-state index in [2.05, 4.69) is 27.0 Å². The molecule has 0 unspecified atom stereocenters. The monoisotopic (exact) mass is 495 g/mol. The van der Waals surface area contributed by atoms with Gasteiger partial charge in [-0.05, 0) is 36.4 Å². The van der Waals surface area contributed by atoms with Gasteiger partial charge < -0.3 is 23.4 Å². The Kier molecular flexibility index (Phi) is 7.56. The molecule has 0 N–H and O–H groups in total. The zero-order valence-corrected chi connectivity index (χ0v) is 20.7. The molecule has 11 heteroatoms. The molecule has 0 bridgehead atoms. The Hall–Kier alpha value is -3.99. The lowest BCUT2D eigenvalue weighted by atomic mass is 10.2. The zero-order chi connectivity index (χ0) is 24.8. The van der Waals surface area contributed by atoms with E-state index in [9.17, 15) is 0 Å². The Balaban J connectivity index is 1.54. The van der Waals surface area contributed by atoms with E-state index in [1.807, 2.05) is 28.8 Å². The van der Waals surface area contributed by atoms with E-state index in [4.69, 9.17) is 23.4 Å². The molecule has 0 fully saturated rings. The highest BCUT2D eigenvalue weighted by Crippen LogP contribution is 2.41. The number of nitrogens with zero attached hydrogens (tertiary/aromatic N) is 5. The molecule has 2 aromatic carbocycles. The first-order chi connectivity index (χ1) is 17.1. The lowest BCUT2D eigenvalue weighted by molar-refractivity contribution is 0.324. The molecule has 4 rings (SSSR count). The molecule has 4 aromatic rings. The van der Waals surface area contributed by atoms with Gasteiger partial charge in [-0.1, -0.05) is 17.8 Å². The standard InChI is InChI=1S/C24H25N5O5S/c1-6-11-29-22(15-7-9-17(30-2)10-8-15)26-28-24(29)35-14-20-25-27-23(34-20)16-12-18(31-3)21(33-5)19(13-16)32-4/h6-10,12-13H,1,11,14H2,2-5H3. The third-order valence-corrected chi connectivity index (χ3v) is 6.03. The van der Waals surface area contributed by atoms with E-state index in [0.717, 1.165) is 17.1 Å². The van der Waals surface area contributed by atoms with Crippen molar-refractivity contribution in [3.8, 4) is 45.8 Å². The van der Waals surface area contributed by atoms with Crippen LogP contribution in [0, 0.1) is 0 Å². The second kappa shape index (κ2) is 11.0. The van der Waals surface area contributed by atoms with Gasteiger partial charge >= 0.3 is 0 Å². The predicted octanol–water partition coefficient (Wildman–Crippen LogP) is 4.51. The van der Waals surface area contributed by atoms with Crippen molar-refractivity contribution in [1.29, 1.82) is 0 Å². The van der Waals surface area contributed by atoms with E-state index >= 15 is 0 Å². The van der Waals surface area contributed by atoms with Crippen LogP contribution in [0.4, 0.5) is 0 Å². The van der Waals surface area contributed by atoms with Crippen LogP contribution in [-0.4, -0.2) is 53.4 Å². The Bertz CT molecular complexity index is 1280. The van der Waals surface area contributed by atoms with Crippen molar-refractivity contribution in [1.82, 2.24) is 25.0 Å². The van der Waals surface area contributed by atoms with E-state index in [0.29, 0.717) is 52.0 Å². The first kappa shape index (κ1) is 24.1. The van der Waals surface area contributed by atoms with Gasteiger partial charge in [0, 0.05) is 17.7 Å². The normalized spacial score (nSPS) is 10.7. The van der Waals surface area contributed by atoms with Gasteiger partial charge in [0.1, 0.15) is 5.75 Å². The molecule has 182 valence electrons. The van der Waals surface area contributed by atoms with E-state index < -0.39 is 0 Å². The summed E-state index contributed by atoms with van der Waals surface area (Å²) in [5, 5.41) is 17.8. The van der Waals surface area contributed by atoms with Crippen molar-refractivity contribution in [2.24, 2.45) is 0 Å². The summed E-state index contributed by atoms with van der Waals surface area (Å²) in [5.74, 6) is 4.19. The molecule has 0 saturated carbocycles. The van der Waals surface area contributed by atoms with Crippen LogP contribution in [0.25, 0.3) is 22.8 Å². The number of benzene rings is 2. The summed E-state index contributed by atoms with van der Waals surface area (Å²) in [6.07, 6.45) is 1.80. The predicted molar refractivity (Wildman–Crippen MR) is 131 cm³/mol. The van der Waals surface area contributed by atoms with Gasteiger partial charge in [0.05, 0.1) is 34.2 Å². The summed E-state index contributed by atoms with van der Waals surface area (Å²) in [4.78, 5) is 0. The highest BCUT2D eigenvalue weighted by atomic mass is 32.2. The van der Waals surface area contributed by atoms with Gasteiger partial charge in [-0.3, -0.25) is 4.57 Å². The number of rotatable bonds is 11. The van der Waals surface area contributed by atoms with Gasteiger partial charge in [-0.2, -0.15) is 0 Å². The Morgan fingerprint density at radius 2 is 1.60 bits per heavy atom. The Morgan fingerprint density at radius 3 is 2.20 bits per heavy atom. The van der Waals surface area contributed by atoms with E-state index in [-0.39, 0.29) is 0 Å². The maximum atomic E-state index is 5.89. The van der Waals surface area contributed by atoms with Gasteiger partial charge in [-0.25, -0.2) is 0 Å². The fourth-order valence-corrected chi connectivity index (χ4v) is 4.19. The smallest absolute Gasteiger partial charge is 0.248 e. The summed E-state index contributed by atoms with van der Waals surface area (Å²) in [6.45, 7) is 4.41. The minimum atomic E-state index is 0.339. The molecule has 0 amide bonds. The fraction of sp³-hybridized carbons (Fsp3) is 0.250. The molecule has 0 saturated heterocycles. The van der Waals surface area contributed by atoms with Crippen LogP contribution in [0.1, 0.15) is 5.89 Å². The highest BCUT2D eigenvalue weighted by Gasteiger charge is 2.19. The lowest BCUT2D eigenvalue weighted by Gasteiger charge is -2.12. The number of aromatic nitrogens is 5. The van der Waals surface area contributed by atoms with Gasteiger partial charge in [0.15, 0.2) is 22.5 Å². The van der Waals surface area contributed by atoms with Crippen molar-refractivity contribution in [2.45, 2.75) is 17.5 Å². The maximum absolute atomic E-state index is 5.89. The molecule has 35 heavy (non-hydrogen) atoms. The summed E-state index contributed by atoms with van der Waals surface area (Å²) in [7, 11) is 6.29. The summed E-state index contributed by atoms with van der Waals surface area (Å²) >= 11 is 1.44. The number of ether oxygens (including phenoxy) is 4. The van der Waals surface area contributed by atoms with Gasteiger partial charge in [-0.15, -0.1) is 27.0 Å². The molecule has 10 nitrogen and oxygen atoms in total. The Labute approximate surface area is 206 Å². The Morgan fingerprint density at radius 1 is 0.886 bits per heavy atom. The molecule has 0 radical (unpaired) electrons. The molecular weight excluding hydrogens is 470 g/mol. The molecule has 2 heterocycles. The number of allylic oxidation sites excluding steroid dienone is 1. The molecule has 0 aliphatic heterocycles. The number of hydrogen-bond acceptors (Lipinski definition) is 10. The average Bonchev–Trinajstić information content (AvgIpc) is 3.54. The van der Waals surface area contributed by atoms with Crippen molar-refractivity contribution in [3.63, 3.8) is 0 Å². The topological polar surface area (TPSA) is 107 Å². The quantitative estimate of drug-likeness (QED) is 0.218. The lowest BCUT2D eigenvalue weighted by Crippen LogP contribution is -2.00. The summed E-state index contributed by atoms with van der Waals surface area (Å²) in [5.41, 5.74) is 1.58.